The standard InChI is InChI=1S/C22H21N3O2/c23-21(15-17-9-3-1-4-10-17)25-27-16-22(26)24-20-14-8-7-13-19(20)18-11-5-2-6-12-18/h1-14H,15-16H2,(H2,23,25)(H,24,26). The van der Waals surface area contributed by atoms with Crippen LogP contribution < -0.4 is 11.1 Å². The average Bonchev–Trinajstić information content (AvgIpc) is 2.70. The first-order valence-corrected chi connectivity index (χ1v) is 8.65. The van der Waals surface area contributed by atoms with Crippen LogP contribution in [0.25, 0.3) is 11.1 Å². The summed E-state index contributed by atoms with van der Waals surface area (Å²) in [6.45, 7) is -0.210. The molecule has 1 amide bonds. The van der Waals surface area contributed by atoms with Crippen molar-refractivity contribution in [2.75, 3.05) is 11.9 Å². The number of nitrogens with two attached hydrogens (primary N) is 1. The van der Waals surface area contributed by atoms with E-state index in [2.05, 4.69) is 10.5 Å². The van der Waals surface area contributed by atoms with E-state index in [0.29, 0.717) is 12.3 Å². The molecule has 3 aromatic rings. The summed E-state index contributed by atoms with van der Waals surface area (Å²) in [5.41, 5.74) is 9.56. The number of rotatable bonds is 7. The summed E-state index contributed by atoms with van der Waals surface area (Å²) in [6, 6.07) is 27.2. The fourth-order valence-electron chi connectivity index (χ4n) is 2.66. The normalized spacial score (nSPS) is 11.0. The Morgan fingerprint density at radius 3 is 2.26 bits per heavy atom. The van der Waals surface area contributed by atoms with Gasteiger partial charge in [-0.3, -0.25) is 4.79 Å². The van der Waals surface area contributed by atoms with Crippen LogP contribution in [0.1, 0.15) is 5.56 Å². The Hall–Kier alpha value is -3.60. The second kappa shape index (κ2) is 9.20. The van der Waals surface area contributed by atoms with Crippen molar-refractivity contribution in [2.45, 2.75) is 6.42 Å². The Bertz CT molecular complexity index is 909. The highest BCUT2D eigenvalue weighted by Crippen LogP contribution is 2.27. The van der Waals surface area contributed by atoms with E-state index in [1.54, 1.807) is 0 Å². The molecule has 0 saturated heterocycles. The number of para-hydroxylation sites is 1. The monoisotopic (exact) mass is 359 g/mol. The van der Waals surface area contributed by atoms with Gasteiger partial charge in [0.1, 0.15) is 5.84 Å². The number of carbonyl (C=O) groups excluding carboxylic acids is 1. The van der Waals surface area contributed by atoms with E-state index in [4.69, 9.17) is 10.6 Å². The molecule has 136 valence electrons. The van der Waals surface area contributed by atoms with Gasteiger partial charge in [-0.05, 0) is 17.2 Å². The second-order valence-electron chi connectivity index (χ2n) is 5.98. The van der Waals surface area contributed by atoms with Gasteiger partial charge in [-0.2, -0.15) is 0 Å². The first-order valence-electron chi connectivity index (χ1n) is 8.65. The number of amidine groups is 1. The molecular weight excluding hydrogens is 338 g/mol. The first kappa shape index (κ1) is 18.2. The largest absolute Gasteiger partial charge is 0.384 e. The lowest BCUT2D eigenvalue weighted by Crippen LogP contribution is -2.20. The maximum Gasteiger partial charge on any atom is 0.265 e. The molecule has 0 heterocycles. The van der Waals surface area contributed by atoms with Gasteiger partial charge < -0.3 is 15.9 Å². The lowest BCUT2D eigenvalue weighted by molar-refractivity contribution is -0.120. The smallest absolute Gasteiger partial charge is 0.265 e. The van der Waals surface area contributed by atoms with E-state index in [9.17, 15) is 4.79 Å². The van der Waals surface area contributed by atoms with Crippen molar-refractivity contribution in [1.29, 1.82) is 0 Å². The number of amides is 1. The van der Waals surface area contributed by atoms with Crippen LogP contribution in [0.5, 0.6) is 0 Å². The molecule has 5 nitrogen and oxygen atoms in total. The molecule has 0 bridgehead atoms. The maximum absolute atomic E-state index is 12.2. The third-order valence-electron chi connectivity index (χ3n) is 3.89. The SMILES string of the molecule is N/C(Cc1ccccc1)=N\OCC(=O)Nc1ccccc1-c1ccccc1. The minimum absolute atomic E-state index is 0.210. The van der Waals surface area contributed by atoms with Gasteiger partial charge in [0.15, 0.2) is 6.61 Å². The minimum Gasteiger partial charge on any atom is -0.384 e. The third kappa shape index (κ3) is 5.44. The van der Waals surface area contributed by atoms with Gasteiger partial charge in [-0.25, -0.2) is 0 Å². The summed E-state index contributed by atoms with van der Waals surface area (Å²) in [6.07, 6.45) is 0.472. The van der Waals surface area contributed by atoms with E-state index in [1.807, 2.05) is 84.9 Å². The van der Waals surface area contributed by atoms with Crippen LogP contribution in [-0.4, -0.2) is 18.3 Å². The van der Waals surface area contributed by atoms with Crippen molar-refractivity contribution in [3.63, 3.8) is 0 Å². The zero-order valence-corrected chi connectivity index (χ0v) is 14.8. The van der Waals surface area contributed by atoms with Crippen molar-refractivity contribution in [3.8, 4) is 11.1 Å². The van der Waals surface area contributed by atoms with Crippen molar-refractivity contribution >= 4 is 17.4 Å². The van der Waals surface area contributed by atoms with E-state index in [1.165, 1.54) is 0 Å². The Morgan fingerprint density at radius 2 is 1.52 bits per heavy atom. The average molecular weight is 359 g/mol. The number of nitrogens with one attached hydrogen (secondary N) is 1. The lowest BCUT2D eigenvalue weighted by atomic mass is 10.0. The topological polar surface area (TPSA) is 76.7 Å². The van der Waals surface area contributed by atoms with Crippen molar-refractivity contribution in [1.82, 2.24) is 0 Å². The molecule has 3 rings (SSSR count). The molecule has 0 aliphatic rings. The van der Waals surface area contributed by atoms with Gasteiger partial charge in [0, 0.05) is 17.7 Å². The van der Waals surface area contributed by atoms with Crippen molar-refractivity contribution in [2.24, 2.45) is 10.9 Å². The highest BCUT2D eigenvalue weighted by molar-refractivity contribution is 5.96. The number of benzene rings is 3. The molecule has 0 aromatic heterocycles. The zero-order chi connectivity index (χ0) is 18.9. The number of anilines is 1. The summed E-state index contributed by atoms with van der Waals surface area (Å²) >= 11 is 0. The molecule has 3 aromatic carbocycles. The van der Waals surface area contributed by atoms with Gasteiger partial charge in [-0.15, -0.1) is 0 Å². The second-order valence-corrected chi connectivity index (χ2v) is 5.98. The Labute approximate surface area is 158 Å². The van der Waals surface area contributed by atoms with Gasteiger partial charge in [-0.1, -0.05) is 84.0 Å². The zero-order valence-electron chi connectivity index (χ0n) is 14.8. The highest BCUT2D eigenvalue weighted by Gasteiger charge is 2.08. The van der Waals surface area contributed by atoms with Crippen molar-refractivity contribution in [3.05, 3.63) is 90.5 Å². The molecule has 0 aliphatic carbocycles. The summed E-state index contributed by atoms with van der Waals surface area (Å²) in [5.74, 6) is 0.0216. The number of hydrogen-bond acceptors (Lipinski definition) is 3. The highest BCUT2D eigenvalue weighted by atomic mass is 16.6. The minimum atomic E-state index is -0.297. The molecule has 0 saturated carbocycles. The molecule has 0 atom stereocenters. The molecule has 27 heavy (non-hydrogen) atoms. The third-order valence-corrected chi connectivity index (χ3v) is 3.89. The molecule has 0 spiro atoms. The van der Waals surface area contributed by atoms with E-state index >= 15 is 0 Å². The van der Waals surface area contributed by atoms with Crippen LogP contribution in [0.2, 0.25) is 0 Å². The summed E-state index contributed by atoms with van der Waals surface area (Å²) in [7, 11) is 0. The summed E-state index contributed by atoms with van der Waals surface area (Å²) < 4.78 is 0. The fourth-order valence-corrected chi connectivity index (χ4v) is 2.66. The molecule has 3 N–H and O–H groups in total. The molecular formula is C22H21N3O2. The van der Waals surface area contributed by atoms with Crippen LogP contribution in [0.4, 0.5) is 5.69 Å². The van der Waals surface area contributed by atoms with Crippen LogP contribution in [0, 0.1) is 0 Å². The van der Waals surface area contributed by atoms with Gasteiger partial charge >= 0.3 is 0 Å². The predicted molar refractivity (Wildman–Crippen MR) is 108 cm³/mol. The van der Waals surface area contributed by atoms with Gasteiger partial charge in [0.25, 0.3) is 5.91 Å². The van der Waals surface area contributed by atoms with Crippen LogP contribution in [0.15, 0.2) is 90.1 Å². The number of oxime groups is 1. The predicted octanol–water partition coefficient (Wildman–Crippen LogP) is 3.82. The Morgan fingerprint density at radius 1 is 0.889 bits per heavy atom. The Balaban J connectivity index is 1.56. The summed E-state index contributed by atoms with van der Waals surface area (Å²) in [4.78, 5) is 17.3. The van der Waals surface area contributed by atoms with Crippen LogP contribution >= 0.6 is 0 Å². The van der Waals surface area contributed by atoms with E-state index in [-0.39, 0.29) is 12.5 Å². The van der Waals surface area contributed by atoms with E-state index in [0.717, 1.165) is 22.4 Å². The number of carbonyl (C=O) groups is 1. The number of hydrogen-bond donors (Lipinski definition) is 2. The van der Waals surface area contributed by atoms with Gasteiger partial charge in [0.05, 0.1) is 0 Å². The molecule has 0 aliphatic heterocycles. The van der Waals surface area contributed by atoms with E-state index < -0.39 is 0 Å². The molecule has 5 heteroatoms. The van der Waals surface area contributed by atoms with Crippen molar-refractivity contribution < 1.29 is 9.63 Å². The molecule has 0 fully saturated rings. The fraction of sp³-hybridized carbons (Fsp3) is 0.0909. The molecule has 0 radical (unpaired) electrons. The molecule has 0 unspecified atom stereocenters. The Kier molecular flexibility index (Phi) is 6.20. The quantitative estimate of drug-likeness (QED) is 0.382. The van der Waals surface area contributed by atoms with Crippen LogP contribution in [0.3, 0.4) is 0 Å². The maximum atomic E-state index is 12.2. The first-order chi connectivity index (χ1) is 13.2. The summed E-state index contributed by atoms with van der Waals surface area (Å²) in [5, 5.41) is 6.67. The van der Waals surface area contributed by atoms with Gasteiger partial charge in [0.2, 0.25) is 0 Å². The lowest BCUT2D eigenvalue weighted by Gasteiger charge is -2.11. The van der Waals surface area contributed by atoms with Crippen LogP contribution in [-0.2, 0) is 16.1 Å². The number of nitrogens with zero attached hydrogens (tertiary/aromatic N) is 1.